The van der Waals surface area contributed by atoms with E-state index in [1.165, 1.54) is 7.11 Å². The second-order valence-electron chi connectivity index (χ2n) is 6.02. The normalized spacial score (nSPS) is 12.4. The first-order valence-corrected chi connectivity index (χ1v) is 10.5. The quantitative estimate of drug-likeness (QED) is 0.307. The summed E-state index contributed by atoms with van der Waals surface area (Å²) in [5.41, 5.74) is 0.978. The second kappa shape index (κ2) is 11.9. The molecule has 0 unspecified atom stereocenters. The Morgan fingerprint density at radius 1 is 1.15 bits per heavy atom. The molecule has 8 heteroatoms. The Hall–Kier alpha value is -1.64. The molecule has 0 aliphatic rings. The predicted octanol–water partition coefficient (Wildman–Crippen LogP) is 1.71. The third-order valence-electron chi connectivity index (χ3n) is 4.23. The van der Waals surface area contributed by atoms with Crippen LogP contribution in [-0.4, -0.2) is 48.2 Å². The molecule has 0 atom stereocenters. The average Bonchev–Trinajstić information content (AvgIpc) is 2.65. The minimum Gasteiger partial charge on any atom is -0.383 e. The van der Waals surface area contributed by atoms with E-state index in [2.05, 4.69) is 34.2 Å². The van der Waals surface area contributed by atoms with Crippen molar-refractivity contribution in [3.63, 3.8) is 0 Å². The molecule has 0 spiro atoms. The fourth-order valence-electron chi connectivity index (χ4n) is 2.37. The highest BCUT2D eigenvalue weighted by Gasteiger charge is 2.13. The van der Waals surface area contributed by atoms with Crippen molar-refractivity contribution in [2.45, 2.75) is 38.1 Å². The van der Waals surface area contributed by atoms with Crippen molar-refractivity contribution in [2.75, 3.05) is 33.9 Å². The molecule has 0 amide bonds. The Kier molecular flexibility index (Phi) is 10.2. The number of guanidine groups is 1. The van der Waals surface area contributed by atoms with E-state index >= 15 is 0 Å². The van der Waals surface area contributed by atoms with Crippen molar-refractivity contribution in [2.24, 2.45) is 10.9 Å². The first kappa shape index (κ1) is 22.4. The maximum atomic E-state index is 12.1. The SMILES string of the molecule is CCC(CC)CNC(=NC)NCc1ccc(S(=O)(=O)NCCOC)cc1. The van der Waals surface area contributed by atoms with E-state index in [9.17, 15) is 8.42 Å². The van der Waals surface area contributed by atoms with Gasteiger partial charge in [-0.2, -0.15) is 0 Å². The van der Waals surface area contributed by atoms with Gasteiger partial charge in [0.2, 0.25) is 10.0 Å². The van der Waals surface area contributed by atoms with Crippen LogP contribution in [0, 0.1) is 5.92 Å². The molecule has 0 bridgehead atoms. The van der Waals surface area contributed by atoms with E-state index in [1.54, 1.807) is 31.3 Å². The number of nitrogens with zero attached hydrogens (tertiary/aromatic N) is 1. The van der Waals surface area contributed by atoms with Gasteiger partial charge in [0.05, 0.1) is 11.5 Å². The average molecular weight is 385 g/mol. The summed E-state index contributed by atoms with van der Waals surface area (Å²) in [5.74, 6) is 1.37. The number of benzene rings is 1. The zero-order valence-corrected chi connectivity index (χ0v) is 17.0. The zero-order valence-electron chi connectivity index (χ0n) is 16.2. The lowest BCUT2D eigenvalue weighted by molar-refractivity contribution is 0.204. The number of methoxy groups -OCH3 is 1. The van der Waals surface area contributed by atoms with Crippen LogP contribution < -0.4 is 15.4 Å². The zero-order chi connectivity index (χ0) is 19.4. The molecule has 0 aromatic heterocycles. The van der Waals surface area contributed by atoms with E-state index in [4.69, 9.17) is 4.74 Å². The molecule has 0 saturated heterocycles. The van der Waals surface area contributed by atoms with E-state index < -0.39 is 10.0 Å². The van der Waals surface area contributed by atoms with Crippen LogP contribution >= 0.6 is 0 Å². The number of hydrogen-bond donors (Lipinski definition) is 3. The Morgan fingerprint density at radius 2 is 1.81 bits per heavy atom. The van der Waals surface area contributed by atoms with Gasteiger partial charge in [0, 0.05) is 33.8 Å². The van der Waals surface area contributed by atoms with Crippen LogP contribution in [0.15, 0.2) is 34.2 Å². The lowest BCUT2D eigenvalue weighted by Gasteiger charge is -2.16. The summed E-state index contributed by atoms with van der Waals surface area (Å²) in [6.45, 7) is 6.42. The van der Waals surface area contributed by atoms with Crippen molar-refractivity contribution in [1.29, 1.82) is 0 Å². The summed E-state index contributed by atoms with van der Waals surface area (Å²) in [4.78, 5) is 4.46. The molecular weight excluding hydrogens is 352 g/mol. The molecular formula is C18H32N4O3S. The Bertz CT molecular complexity index is 641. The van der Waals surface area contributed by atoms with Gasteiger partial charge in [0.15, 0.2) is 5.96 Å². The maximum absolute atomic E-state index is 12.1. The highest BCUT2D eigenvalue weighted by atomic mass is 32.2. The minimum absolute atomic E-state index is 0.244. The molecule has 1 rings (SSSR count). The van der Waals surface area contributed by atoms with Gasteiger partial charge in [-0.1, -0.05) is 38.8 Å². The summed E-state index contributed by atoms with van der Waals surface area (Å²) in [7, 11) is -0.225. The number of aliphatic imine (C=N–C) groups is 1. The molecule has 3 N–H and O–H groups in total. The van der Waals surface area contributed by atoms with Gasteiger partial charge < -0.3 is 15.4 Å². The van der Waals surface area contributed by atoms with Crippen LogP contribution in [-0.2, 0) is 21.3 Å². The summed E-state index contributed by atoms with van der Waals surface area (Å²) < 4.78 is 31.6. The lowest BCUT2D eigenvalue weighted by atomic mass is 10.0. The van der Waals surface area contributed by atoms with Gasteiger partial charge in [-0.3, -0.25) is 4.99 Å². The molecule has 0 aliphatic carbocycles. The summed E-state index contributed by atoms with van der Waals surface area (Å²) >= 11 is 0. The highest BCUT2D eigenvalue weighted by Crippen LogP contribution is 2.10. The van der Waals surface area contributed by atoms with Crippen LogP contribution in [0.4, 0.5) is 0 Å². The fourth-order valence-corrected chi connectivity index (χ4v) is 3.39. The largest absolute Gasteiger partial charge is 0.383 e. The topological polar surface area (TPSA) is 91.8 Å². The smallest absolute Gasteiger partial charge is 0.240 e. The van der Waals surface area contributed by atoms with Crippen molar-refractivity contribution < 1.29 is 13.2 Å². The first-order chi connectivity index (χ1) is 12.5. The van der Waals surface area contributed by atoms with Gasteiger partial charge in [-0.25, -0.2) is 13.1 Å². The van der Waals surface area contributed by atoms with Crippen LogP contribution in [0.2, 0.25) is 0 Å². The van der Waals surface area contributed by atoms with E-state index in [1.807, 2.05) is 0 Å². The van der Waals surface area contributed by atoms with Crippen molar-refractivity contribution in [3.8, 4) is 0 Å². The Balaban J connectivity index is 2.56. The molecule has 0 radical (unpaired) electrons. The van der Waals surface area contributed by atoms with Crippen molar-refractivity contribution in [3.05, 3.63) is 29.8 Å². The lowest BCUT2D eigenvalue weighted by Crippen LogP contribution is -2.39. The number of sulfonamides is 1. The molecule has 1 aromatic carbocycles. The Labute approximate surface area is 157 Å². The molecule has 148 valence electrons. The molecule has 1 aromatic rings. The first-order valence-electron chi connectivity index (χ1n) is 8.98. The summed E-state index contributed by atoms with van der Waals surface area (Å²) in [5, 5.41) is 6.57. The van der Waals surface area contributed by atoms with Crippen molar-refractivity contribution in [1.82, 2.24) is 15.4 Å². The fraction of sp³-hybridized carbons (Fsp3) is 0.611. The van der Waals surface area contributed by atoms with E-state index in [0.29, 0.717) is 19.1 Å². The van der Waals surface area contributed by atoms with Crippen LogP contribution in [0.1, 0.15) is 32.3 Å². The molecule has 26 heavy (non-hydrogen) atoms. The summed E-state index contributed by atoms with van der Waals surface area (Å²) in [6, 6.07) is 6.80. The third-order valence-corrected chi connectivity index (χ3v) is 5.71. The van der Waals surface area contributed by atoms with E-state index in [-0.39, 0.29) is 11.4 Å². The summed E-state index contributed by atoms with van der Waals surface area (Å²) in [6.07, 6.45) is 2.27. The maximum Gasteiger partial charge on any atom is 0.240 e. The molecule has 0 heterocycles. The molecule has 7 nitrogen and oxygen atoms in total. The third kappa shape index (κ3) is 7.72. The Morgan fingerprint density at radius 3 is 2.35 bits per heavy atom. The number of hydrogen-bond acceptors (Lipinski definition) is 4. The predicted molar refractivity (Wildman–Crippen MR) is 106 cm³/mol. The number of rotatable bonds is 11. The van der Waals surface area contributed by atoms with Gasteiger partial charge >= 0.3 is 0 Å². The van der Waals surface area contributed by atoms with Gasteiger partial charge in [-0.05, 0) is 23.6 Å². The number of nitrogens with one attached hydrogen (secondary N) is 3. The van der Waals surface area contributed by atoms with E-state index in [0.717, 1.165) is 30.9 Å². The molecule has 0 fully saturated rings. The highest BCUT2D eigenvalue weighted by molar-refractivity contribution is 7.89. The van der Waals surface area contributed by atoms with Crippen LogP contribution in [0.3, 0.4) is 0 Å². The van der Waals surface area contributed by atoms with Crippen LogP contribution in [0.25, 0.3) is 0 Å². The molecule has 0 aliphatic heterocycles. The number of ether oxygens (including phenoxy) is 1. The monoisotopic (exact) mass is 384 g/mol. The van der Waals surface area contributed by atoms with Gasteiger partial charge in [0.1, 0.15) is 0 Å². The van der Waals surface area contributed by atoms with Gasteiger partial charge in [-0.15, -0.1) is 0 Å². The minimum atomic E-state index is -3.50. The van der Waals surface area contributed by atoms with Crippen molar-refractivity contribution >= 4 is 16.0 Å². The molecule has 0 saturated carbocycles. The standard InChI is InChI=1S/C18H32N4O3S/c1-5-15(6-2)13-20-18(19-3)21-14-16-7-9-17(10-8-16)26(23,24)22-11-12-25-4/h7-10,15,22H,5-6,11-14H2,1-4H3,(H2,19,20,21). The van der Waals surface area contributed by atoms with Crippen LogP contribution in [0.5, 0.6) is 0 Å². The van der Waals surface area contributed by atoms with Gasteiger partial charge in [0.25, 0.3) is 0 Å². The second-order valence-corrected chi connectivity index (χ2v) is 7.79.